The van der Waals surface area contributed by atoms with E-state index >= 15 is 0 Å². The van der Waals surface area contributed by atoms with Crippen molar-refractivity contribution in [3.05, 3.63) is 71.3 Å². The zero-order valence-corrected chi connectivity index (χ0v) is 17.6. The summed E-state index contributed by atoms with van der Waals surface area (Å²) in [6.45, 7) is 8.36. The second-order valence-corrected chi connectivity index (χ2v) is 8.27. The van der Waals surface area contributed by atoms with Gasteiger partial charge in [0.15, 0.2) is 0 Å². The molecule has 0 atom stereocenters. The van der Waals surface area contributed by atoms with Crippen molar-refractivity contribution in [3.63, 3.8) is 0 Å². The van der Waals surface area contributed by atoms with Crippen LogP contribution in [0.1, 0.15) is 22.5 Å². The molecule has 0 saturated carbocycles. The van der Waals surface area contributed by atoms with E-state index in [0.29, 0.717) is 6.42 Å². The summed E-state index contributed by atoms with van der Waals surface area (Å²) in [7, 11) is 0. The van der Waals surface area contributed by atoms with Gasteiger partial charge in [0, 0.05) is 56.0 Å². The van der Waals surface area contributed by atoms with E-state index in [1.165, 1.54) is 11.3 Å². The van der Waals surface area contributed by atoms with Gasteiger partial charge in [-0.05, 0) is 43.2 Å². The Morgan fingerprint density at radius 1 is 1.10 bits per heavy atom. The quantitative estimate of drug-likeness (QED) is 0.571. The first-order valence-corrected chi connectivity index (χ1v) is 10.6. The van der Waals surface area contributed by atoms with Crippen LogP contribution in [-0.2, 0) is 17.8 Å². The number of aryl methyl sites for hydroxylation is 2. The molecule has 0 spiro atoms. The highest BCUT2D eigenvalue weighted by atomic mass is 16.2. The van der Waals surface area contributed by atoms with Gasteiger partial charge in [0.05, 0.1) is 17.8 Å². The monoisotopic (exact) mass is 401 g/mol. The minimum absolute atomic E-state index is 0.209. The van der Waals surface area contributed by atoms with Crippen molar-refractivity contribution in [2.24, 2.45) is 0 Å². The third-order valence-electron chi connectivity index (χ3n) is 6.20. The number of rotatable bonds is 4. The minimum atomic E-state index is 0.209. The van der Waals surface area contributed by atoms with Crippen molar-refractivity contribution in [2.75, 3.05) is 26.2 Å². The van der Waals surface area contributed by atoms with Crippen LogP contribution in [-0.4, -0.2) is 56.3 Å². The van der Waals surface area contributed by atoms with Crippen molar-refractivity contribution < 1.29 is 4.79 Å². The molecule has 1 aliphatic rings. The lowest BCUT2D eigenvalue weighted by Gasteiger charge is -2.34. The molecular formula is C24H27N5O. The molecule has 0 aliphatic carbocycles. The Bertz CT molecular complexity index is 1210. The number of carbonyl (C=O) groups is 1. The molecular weight excluding hydrogens is 374 g/mol. The van der Waals surface area contributed by atoms with Crippen LogP contribution in [0.4, 0.5) is 0 Å². The molecule has 0 unspecified atom stereocenters. The van der Waals surface area contributed by atoms with Gasteiger partial charge in [-0.1, -0.05) is 18.2 Å². The van der Waals surface area contributed by atoms with E-state index in [2.05, 4.69) is 52.5 Å². The highest BCUT2D eigenvalue weighted by molar-refractivity contribution is 5.88. The summed E-state index contributed by atoms with van der Waals surface area (Å²) in [6, 6.07) is 12.4. The first-order chi connectivity index (χ1) is 14.6. The van der Waals surface area contributed by atoms with E-state index in [1.54, 1.807) is 0 Å². The molecule has 1 amide bonds. The molecule has 1 N–H and O–H groups in total. The summed E-state index contributed by atoms with van der Waals surface area (Å²) < 4.78 is 2.19. The summed E-state index contributed by atoms with van der Waals surface area (Å²) >= 11 is 0. The van der Waals surface area contributed by atoms with Crippen molar-refractivity contribution >= 4 is 22.5 Å². The molecule has 1 aliphatic heterocycles. The zero-order valence-electron chi connectivity index (χ0n) is 17.6. The van der Waals surface area contributed by atoms with Gasteiger partial charge in [-0.3, -0.25) is 9.69 Å². The molecule has 4 heterocycles. The molecule has 5 rings (SSSR count). The SMILES string of the molecule is Cc1ccn2c(CN3CCN(C(=O)Cc4c[nH]c5ccccc45)CC3)c(C)nc2c1. The fourth-order valence-electron chi connectivity index (χ4n) is 4.43. The number of piperazine rings is 1. The van der Waals surface area contributed by atoms with Gasteiger partial charge in [-0.25, -0.2) is 4.98 Å². The predicted octanol–water partition coefficient (Wildman–Crippen LogP) is 3.32. The van der Waals surface area contributed by atoms with Gasteiger partial charge in [0.1, 0.15) is 5.65 Å². The number of carbonyl (C=O) groups excluding carboxylic acids is 1. The van der Waals surface area contributed by atoms with Crippen molar-refractivity contribution in [3.8, 4) is 0 Å². The molecule has 30 heavy (non-hydrogen) atoms. The van der Waals surface area contributed by atoms with E-state index in [1.807, 2.05) is 29.3 Å². The van der Waals surface area contributed by atoms with Crippen LogP contribution >= 0.6 is 0 Å². The van der Waals surface area contributed by atoms with Crippen LogP contribution in [0, 0.1) is 13.8 Å². The van der Waals surface area contributed by atoms with Crippen molar-refractivity contribution in [1.82, 2.24) is 24.2 Å². The average Bonchev–Trinajstić information content (AvgIpc) is 3.29. The fraction of sp³-hybridized carbons (Fsp3) is 0.333. The van der Waals surface area contributed by atoms with E-state index < -0.39 is 0 Å². The molecule has 6 heteroatoms. The topological polar surface area (TPSA) is 56.6 Å². The summed E-state index contributed by atoms with van der Waals surface area (Å²) in [5, 5.41) is 1.14. The minimum Gasteiger partial charge on any atom is -0.361 e. The van der Waals surface area contributed by atoms with Gasteiger partial charge < -0.3 is 14.3 Å². The molecule has 1 aromatic carbocycles. The number of nitrogens with zero attached hydrogens (tertiary/aromatic N) is 4. The van der Waals surface area contributed by atoms with Gasteiger partial charge in [-0.2, -0.15) is 0 Å². The molecule has 4 aromatic rings. The Hall–Kier alpha value is -3.12. The lowest BCUT2D eigenvalue weighted by Crippen LogP contribution is -2.48. The Morgan fingerprint density at radius 2 is 1.90 bits per heavy atom. The maximum atomic E-state index is 12.9. The third kappa shape index (κ3) is 3.48. The highest BCUT2D eigenvalue weighted by Crippen LogP contribution is 2.20. The second kappa shape index (κ2) is 7.61. The molecule has 6 nitrogen and oxygen atoms in total. The van der Waals surface area contributed by atoms with Crippen LogP contribution in [0.2, 0.25) is 0 Å². The van der Waals surface area contributed by atoms with Crippen molar-refractivity contribution in [2.45, 2.75) is 26.8 Å². The number of aromatic nitrogens is 3. The molecule has 0 bridgehead atoms. The van der Waals surface area contributed by atoms with Crippen molar-refractivity contribution in [1.29, 1.82) is 0 Å². The van der Waals surface area contributed by atoms with E-state index in [0.717, 1.165) is 60.5 Å². The summed E-state index contributed by atoms with van der Waals surface area (Å²) in [4.78, 5) is 25.3. The lowest BCUT2D eigenvalue weighted by molar-refractivity contribution is -0.132. The van der Waals surface area contributed by atoms with Gasteiger partial charge in [0.2, 0.25) is 5.91 Å². The molecule has 154 valence electrons. The summed E-state index contributed by atoms with van der Waals surface area (Å²) in [5.74, 6) is 0.209. The van der Waals surface area contributed by atoms with Gasteiger partial charge >= 0.3 is 0 Å². The largest absolute Gasteiger partial charge is 0.361 e. The number of fused-ring (bicyclic) bond motifs is 2. The molecule has 1 fully saturated rings. The number of amides is 1. The summed E-state index contributed by atoms with van der Waals surface area (Å²) in [6.07, 6.45) is 4.53. The number of benzene rings is 1. The maximum absolute atomic E-state index is 12.9. The van der Waals surface area contributed by atoms with Gasteiger partial charge in [-0.15, -0.1) is 0 Å². The molecule has 3 aromatic heterocycles. The Balaban J connectivity index is 1.22. The smallest absolute Gasteiger partial charge is 0.227 e. The first kappa shape index (κ1) is 18.9. The second-order valence-electron chi connectivity index (χ2n) is 8.27. The number of pyridine rings is 1. The van der Waals surface area contributed by atoms with E-state index in [-0.39, 0.29) is 5.91 Å². The number of hydrogen-bond acceptors (Lipinski definition) is 3. The predicted molar refractivity (Wildman–Crippen MR) is 119 cm³/mol. The van der Waals surface area contributed by atoms with Crippen LogP contribution in [0.15, 0.2) is 48.8 Å². The van der Waals surface area contributed by atoms with Gasteiger partial charge in [0.25, 0.3) is 0 Å². The third-order valence-corrected chi connectivity index (χ3v) is 6.20. The summed E-state index contributed by atoms with van der Waals surface area (Å²) in [5.41, 5.74) is 6.72. The maximum Gasteiger partial charge on any atom is 0.227 e. The molecule has 1 saturated heterocycles. The number of nitrogens with one attached hydrogen (secondary N) is 1. The average molecular weight is 402 g/mol. The number of imidazole rings is 1. The first-order valence-electron chi connectivity index (χ1n) is 10.6. The zero-order chi connectivity index (χ0) is 20.7. The lowest BCUT2D eigenvalue weighted by atomic mass is 10.1. The fourth-order valence-corrected chi connectivity index (χ4v) is 4.43. The Labute approximate surface area is 176 Å². The van der Waals surface area contributed by atoms with Crippen LogP contribution in [0.3, 0.4) is 0 Å². The number of hydrogen-bond donors (Lipinski definition) is 1. The Kier molecular flexibility index (Phi) is 4.79. The van der Waals surface area contributed by atoms with E-state index in [9.17, 15) is 4.79 Å². The number of para-hydroxylation sites is 1. The highest BCUT2D eigenvalue weighted by Gasteiger charge is 2.23. The standard InChI is InChI=1S/C24H27N5O/c1-17-7-8-29-22(18(2)26-23(29)13-17)16-27-9-11-28(12-10-27)24(30)14-19-15-25-21-6-4-3-5-20(19)21/h3-8,13,15,25H,9-12,14,16H2,1-2H3. The Morgan fingerprint density at radius 3 is 2.73 bits per heavy atom. The number of H-pyrrole nitrogens is 1. The van der Waals surface area contributed by atoms with Crippen LogP contribution < -0.4 is 0 Å². The van der Waals surface area contributed by atoms with E-state index in [4.69, 9.17) is 4.98 Å². The van der Waals surface area contributed by atoms with Crippen LogP contribution in [0.5, 0.6) is 0 Å². The normalized spacial score (nSPS) is 15.3. The number of aromatic amines is 1. The molecule has 0 radical (unpaired) electrons. The van der Waals surface area contributed by atoms with Crippen LogP contribution in [0.25, 0.3) is 16.6 Å².